The van der Waals surface area contributed by atoms with Gasteiger partial charge in [-0.25, -0.2) is 18.7 Å². The van der Waals surface area contributed by atoms with Crippen LogP contribution in [0.25, 0.3) is 16.7 Å². The molecule has 2 heterocycles. The molecule has 0 saturated carbocycles. The van der Waals surface area contributed by atoms with Gasteiger partial charge < -0.3 is 4.74 Å². The van der Waals surface area contributed by atoms with Crippen molar-refractivity contribution in [1.82, 2.24) is 14.1 Å². The molecule has 4 aromatic rings. The Kier molecular flexibility index (Phi) is 4.49. The second kappa shape index (κ2) is 7.11. The van der Waals surface area contributed by atoms with Gasteiger partial charge in [-0.05, 0) is 42.5 Å². The van der Waals surface area contributed by atoms with Gasteiger partial charge in [-0.3, -0.25) is 9.36 Å². The number of ether oxygens (including phenoxy) is 1. The van der Waals surface area contributed by atoms with E-state index in [0.29, 0.717) is 11.4 Å². The normalized spacial score (nSPS) is 10.9. The second-order valence-corrected chi connectivity index (χ2v) is 6.17. The van der Waals surface area contributed by atoms with E-state index in [1.807, 2.05) is 0 Å². The van der Waals surface area contributed by atoms with Crippen molar-refractivity contribution in [3.63, 3.8) is 0 Å². The molecule has 7 heteroatoms. The summed E-state index contributed by atoms with van der Waals surface area (Å²) >= 11 is 0. The van der Waals surface area contributed by atoms with Crippen LogP contribution in [0.1, 0.15) is 5.56 Å². The third-order valence-electron chi connectivity index (χ3n) is 4.51. The van der Waals surface area contributed by atoms with Gasteiger partial charge in [0.05, 0.1) is 24.7 Å². The molecule has 0 spiro atoms. The summed E-state index contributed by atoms with van der Waals surface area (Å²) in [5.41, 5.74) is -0.0822. The number of benzene rings is 2. The van der Waals surface area contributed by atoms with E-state index in [4.69, 9.17) is 4.74 Å². The highest BCUT2D eigenvalue weighted by molar-refractivity contribution is 5.75. The van der Waals surface area contributed by atoms with Crippen molar-refractivity contribution >= 4 is 11.0 Å². The minimum atomic E-state index is -0.593. The first-order valence-electron chi connectivity index (χ1n) is 8.58. The first-order valence-corrected chi connectivity index (χ1v) is 8.58. The second-order valence-electron chi connectivity index (χ2n) is 6.17. The fourth-order valence-electron chi connectivity index (χ4n) is 3.09. The zero-order valence-corrected chi connectivity index (χ0v) is 15.0. The van der Waals surface area contributed by atoms with E-state index < -0.39 is 17.1 Å². The monoisotopic (exact) mass is 377 g/mol. The summed E-state index contributed by atoms with van der Waals surface area (Å²) in [5.74, 6) is 0.157. The van der Waals surface area contributed by atoms with Crippen LogP contribution in [0.15, 0.2) is 76.4 Å². The van der Waals surface area contributed by atoms with Crippen molar-refractivity contribution in [3.8, 4) is 11.4 Å². The van der Waals surface area contributed by atoms with Crippen LogP contribution in [0.2, 0.25) is 0 Å². The van der Waals surface area contributed by atoms with Crippen LogP contribution in [-0.2, 0) is 6.54 Å². The van der Waals surface area contributed by atoms with E-state index in [1.165, 1.54) is 16.8 Å². The quantitative estimate of drug-likeness (QED) is 0.549. The molecule has 0 aliphatic heterocycles. The van der Waals surface area contributed by atoms with Crippen LogP contribution >= 0.6 is 0 Å². The van der Waals surface area contributed by atoms with Gasteiger partial charge in [0.2, 0.25) is 0 Å². The number of hydrogen-bond donors (Lipinski definition) is 0. The summed E-state index contributed by atoms with van der Waals surface area (Å²) in [5, 5.41) is 0.272. The average molecular weight is 377 g/mol. The Hall–Kier alpha value is -3.74. The predicted octanol–water partition coefficient (Wildman–Crippen LogP) is 2.74. The molecule has 4 rings (SSSR count). The van der Waals surface area contributed by atoms with Crippen molar-refractivity contribution in [2.75, 3.05) is 7.11 Å². The van der Waals surface area contributed by atoms with E-state index in [-0.39, 0.29) is 23.1 Å². The third kappa shape index (κ3) is 2.96. The maximum absolute atomic E-state index is 14.1. The highest BCUT2D eigenvalue weighted by Crippen LogP contribution is 2.17. The Morgan fingerprint density at radius 1 is 1.00 bits per heavy atom. The number of fused-ring (bicyclic) bond motifs is 1. The van der Waals surface area contributed by atoms with E-state index >= 15 is 0 Å². The number of rotatable bonds is 4. The summed E-state index contributed by atoms with van der Waals surface area (Å²) in [7, 11) is 1.55. The molecule has 0 N–H and O–H groups in total. The fraction of sp³-hybridized carbons (Fsp3) is 0.0952. The Balaban J connectivity index is 2.00. The van der Waals surface area contributed by atoms with Gasteiger partial charge in [-0.15, -0.1) is 0 Å². The van der Waals surface area contributed by atoms with Gasteiger partial charge in [0, 0.05) is 11.8 Å². The van der Waals surface area contributed by atoms with Gasteiger partial charge in [0.25, 0.3) is 5.56 Å². The van der Waals surface area contributed by atoms with Crippen LogP contribution in [0.5, 0.6) is 5.75 Å². The largest absolute Gasteiger partial charge is 0.497 e. The summed E-state index contributed by atoms with van der Waals surface area (Å²) in [6.07, 6.45) is 1.52. The summed E-state index contributed by atoms with van der Waals surface area (Å²) in [6.45, 7) is -0.175. The maximum Gasteiger partial charge on any atom is 0.337 e. The SMILES string of the molecule is COc1ccc(-n2c(=O)n(Cc3ccccc3F)c(=O)c3cccnc32)cc1. The number of halogens is 1. The Bertz CT molecular complexity index is 1280. The number of methoxy groups -OCH3 is 1. The Morgan fingerprint density at radius 2 is 1.75 bits per heavy atom. The lowest BCUT2D eigenvalue weighted by Gasteiger charge is -2.14. The Morgan fingerprint density at radius 3 is 2.46 bits per heavy atom. The van der Waals surface area contributed by atoms with Crippen molar-refractivity contribution < 1.29 is 9.13 Å². The lowest BCUT2D eigenvalue weighted by molar-refractivity contribution is 0.414. The van der Waals surface area contributed by atoms with Crippen LogP contribution in [0, 0.1) is 5.82 Å². The molecule has 0 atom stereocenters. The molecule has 2 aromatic heterocycles. The first kappa shape index (κ1) is 17.7. The summed E-state index contributed by atoms with van der Waals surface area (Å²) in [6, 6.07) is 16.1. The zero-order chi connectivity index (χ0) is 19.7. The van der Waals surface area contributed by atoms with Crippen molar-refractivity contribution in [2.45, 2.75) is 6.54 Å². The van der Waals surface area contributed by atoms with Gasteiger partial charge in [-0.2, -0.15) is 0 Å². The fourth-order valence-corrected chi connectivity index (χ4v) is 3.09. The van der Waals surface area contributed by atoms with Gasteiger partial charge in [-0.1, -0.05) is 18.2 Å². The molecule has 0 aliphatic carbocycles. The van der Waals surface area contributed by atoms with E-state index in [2.05, 4.69) is 4.98 Å². The minimum Gasteiger partial charge on any atom is -0.497 e. The van der Waals surface area contributed by atoms with E-state index in [1.54, 1.807) is 61.7 Å². The van der Waals surface area contributed by atoms with Crippen molar-refractivity contribution in [3.05, 3.63) is 99.1 Å². The highest BCUT2D eigenvalue weighted by atomic mass is 19.1. The molecule has 0 aliphatic rings. The topological polar surface area (TPSA) is 66.1 Å². The van der Waals surface area contributed by atoms with Crippen LogP contribution in [-0.4, -0.2) is 21.2 Å². The van der Waals surface area contributed by atoms with Crippen molar-refractivity contribution in [1.29, 1.82) is 0 Å². The predicted molar refractivity (Wildman–Crippen MR) is 104 cm³/mol. The molecule has 0 bridgehead atoms. The van der Waals surface area contributed by atoms with Gasteiger partial charge in [0.1, 0.15) is 11.6 Å². The van der Waals surface area contributed by atoms with E-state index in [9.17, 15) is 14.0 Å². The number of aromatic nitrogens is 3. The molecule has 28 heavy (non-hydrogen) atoms. The van der Waals surface area contributed by atoms with Gasteiger partial charge in [0.15, 0.2) is 5.65 Å². The first-order chi connectivity index (χ1) is 13.6. The molecular weight excluding hydrogens is 361 g/mol. The highest BCUT2D eigenvalue weighted by Gasteiger charge is 2.16. The lowest BCUT2D eigenvalue weighted by Crippen LogP contribution is -2.40. The van der Waals surface area contributed by atoms with Gasteiger partial charge >= 0.3 is 5.69 Å². The smallest absolute Gasteiger partial charge is 0.337 e. The number of nitrogens with zero attached hydrogens (tertiary/aromatic N) is 3. The molecule has 0 amide bonds. The molecule has 0 radical (unpaired) electrons. The van der Waals surface area contributed by atoms with Crippen LogP contribution < -0.4 is 16.0 Å². The zero-order valence-electron chi connectivity index (χ0n) is 15.0. The van der Waals surface area contributed by atoms with Crippen LogP contribution in [0.4, 0.5) is 4.39 Å². The number of hydrogen-bond acceptors (Lipinski definition) is 4. The molecule has 0 unspecified atom stereocenters. The number of pyridine rings is 1. The van der Waals surface area contributed by atoms with Crippen LogP contribution in [0.3, 0.4) is 0 Å². The average Bonchev–Trinajstić information content (AvgIpc) is 2.73. The molecule has 140 valence electrons. The molecular formula is C21H16FN3O3. The molecule has 0 fully saturated rings. The standard InChI is InChI=1S/C21H16FN3O3/c1-28-16-10-8-15(9-11-16)25-19-17(6-4-12-23-19)20(26)24(21(25)27)13-14-5-2-3-7-18(14)22/h2-12H,13H2,1H3. The summed E-state index contributed by atoms with van der Waals surface area (Å²) in [4.78, 5) is 30.4. The molecule has 6 nitrogen and oxygen atoms in total. The molecule has 2 aromatic carbocycles. The van der Waals surface area contributed by atoms with E-state index in [0.717, 1.165) is 4.57 Å². The summed E-state index contributed by atoms with van der Waals surface area (Å²) < 4.78 is 21.6. The maximum atomic E-state index is 14.1. The Labute approximate surface area is 159 Å². The lowest BCUT2D eigenvalue weighted by atomic mass is 10.2. The minimum absolute atomic E-state index is 0.175. The van der Waals surface area contributed by atoms with Crippen molar-refractivity contribution in [2.24, 2.45) is 0 Å². The third-order valence-corrected chi connectivity index (χ3v) is 4.51. The molecule has 0 saturated heterocycles.